The van der Waals surface area contributed by atoms with Crippen LogP contribution in [-0.4, -0.2) is 25.6 Å². The minimum Gasteiger partial charge on any atom is -0.481 e. The van der Waals surface area contributed by atoms with Crippen LogP contribution in [0.2, 0.25) is 5.15 Å². The molecule has 5 nitrogen and oxygen atoms in total. The van der Waals surface area contributed by atoms with Crippen LogP contribution in [-0.2, 0) is 11.3 Å². The van der Waals surface area contributed by atoms with Crippen LogP contribution in [0.4, 0.5) is 0 Å². The fourth-order valence-corrected chi connectivity index (χ4v) is 1.85. The van der Waals surface area contributed by atoms with Crippen molar-refractivity contribution in [3.8, 4) is 0 Å². The Morgan fingerprint density at radius 3 is 2.89 bits per heavy atom. The summed E-state index contributed by atoms with van der Waals surface area (Å²) in [5.74, 6) is -0.799. The molecule has 0 saturated carbocycles. The fourth-order valence-electron chi connectivity index (χ4n) is 1.66. The molecule has 0 bridgehead atoms. The van der Waals surface area contributed by atoms with Crippen LogP contribution in [0.1, 0.15) is 20.3 Å². The summed E-state index contributed by atoms with van der Waals surface area (Å²) in [4.78, 5) is 19.1. The van der Waals surface area contributed by atoms with Crippen LogP contribution in [0.25, 0.3) is 11.0 Å². The van der Waals surface area contributed by atoms with E-state index in [0.717, 1.165) is 11.0 Å². The summed E-state index contributed by atoms with van der Waals surface area (Å²) in [7, 11) is 0. The lowest BCUT2D eigenvalue weighted by atomic mass is 9.90. The maximum atomic E-state index is 11.0. The van der Waals surface area contributed by atoms with Gasteiger partial charge in [-0.05, 0) is 26.3 Å². The number of nitrogens with zero attached hydrogens (tertiary/aromatic N) is 3. The summed E-state index contributed by atoms with van der Waals surface area (Å²) >= 11 is 5.95. The summed E-state index contributed by atoms with van der Waals surface area (Å²) in [6, 6.07) is 1.84. The Labute approximate surface area is 109 Å². The van der Waals surface area contributed by atoms with E-state index in [0.29, 0.717) is 18.1 Å². The standard InChI is InChI=1S/C12H14ClN3O2/c1-12(2,11(17)18)4-6-16-5-3-8-9(13)14-7-15-10(8)16/h3,5,7H,4,6H2,1-2H3,(H,17,18). The summed E-state index contributed by atoms with van der Waals surface area (Å²) in [6.45, 7) is 4.00. The number of fused-ring (bicyclic) bond motifs is 1. The number of halogens is 1. The van der Waals surface area contributed by atoms with Gasteiger partial charge < -0.3 is 9.67 Å². The van der Waals surface area contributed by atoms with Gasteiger partial charge in [0, 0.05) is 12.7 Å². The van der Waals surface area contributed by atoms with Gasteiger partial charge in [0.2, 0.25) is 0 Å². The van der Waals surface area contributed by atoms with E-state index in [1.54, 1.807) is 13.8 Å². The second-order valence-electron chi connectivity index (χ2n) is 4.85. The topological polar surface area (TPSA) is 68.0 Å². The van der Waals surface area contributed by atoms with Crippen molar-refractivity contribution in [2.24, 2.45) is 5.41 Å². The summed E-state index contributed by atoms with van der Waals surface area (Å²) in [5.41, 5.74) is -0.0239. The van der Waals surface area contributed by atoms with E-state index in [1.807, 2.05) is 16.8 Å². The third-order valence-corrected chi connectivity index (χ3v) is 3.37. The number of carbonyl (C=O) groups is 1. The Hall–Kier alpha value is -1.62. The van der Waals surface area contributed by atoms with Crippen molar-refractivity contribution in [2.45, 2.75) is 26.8 Å². The van der Waals surface area contributed by atoms with Crippen molar-refractivity contribution >= 4 is 28.6 Å². The van der Waals surface area contributed by atoms with Gasteiger partial charge in [0.15, 0.2) is 0 Å². The Morgan fingerprint density at radius 2 is 2.22 bits per heavy atom. The SMILES string of the molecule is CC(C)(CCn1ccc2c(Cl)ncnc21)C(=O)O. The highest BCUT2D eigenvalue weighted by Crippen LogP contribution is 2.24. The minimum absolute atomic E-state index is 0.413. The van der Waals surface area contributed by atoms with E-state index in [9.17, 15) is 4.79 Å². The lowest BCUT2D eigenvalue weighted by molar-refractivity contribution is -0.147. The number of carboxylic acids is 1. The first kappa shape index (κ1) is 12.8. The highest BCUT2D eigenvalue weighted by molar-refractivity contribution is 6.33. The fraction of sp³-hybridized carbons (Fsp3) is 0.417. The minimum atomic E-state index is -0.799. The average Bonchev–Trinajstić information content (AvgIpc) is 2.71. The zero-order valence-electron chi connectivity index (χ0n) is 10.2. The molecule has 0 saturated heterocycles. The second kappa shape index (κ2) is 4.57. The van der Waals surface area contributed by atoms with Crippen molar-refractivity contribution in [2.75, 3.05) is 0 Å². The molecule has 0 spiro atoms. The molecule has 0 amide bonds. The normalized spacial score (nSPS) is 11.9. The average molecular weight is 268 g/mol. The maximum absolute atomic E-state index is 11.0. The molecular formula is C12H14ClN3O2. The summed E-state index contributed by atoms with van der Waals surface area (Å²) < 4.78 is 1.90. The van der Waals surface area contributed by atoms with Crippen molar-refractivity contribution < 1.29 is 9.90 Å². The van der Waals surface area contributed by atoms with E-state index in [4.69, 9.17) is 16.7 Å². The molecule has 2 aromatic rings. The monoisotopic (exact) mass is 267 g/mol. The Bertz CT molecular complexity index is 592. The van der Waals surface area contributed by atoms with Gasteiger partial charge in [-0.1, -0.05) is 11.6 Å². The Kier molecular flexibility index (Phi) is 3.26. The Balaban J connectivity index is 2.23. The Morgan fingerprint density at radius 1 is 1.50 bits per heavy atom. The molecule has 18 heavy (non-hydrogen) atoms. The van der Waals surface area contributed by atoms with Gasteiger partial charge >= 0.3 is 5.97 Å². The predicted molar refractivity (Wildman–Crippen MR) is 68.6 cm³/mol. The van der Waals surface area contributed by atoms with Gasteiger partial charge in [-0.25, -0.2) is 9.97 Å². The number of hydrogen-bond donors (Lipinski definition) is 1. The second-order valence-corrected chi connectivity index (χ2v) is 5.21. The number of aryl methyl sites for hydroxylation is 1. The molecule has 0 atom stereocenters. The molecule has 1 N–H and O–H groups in total. The first-order valence-corrected chi connectivity index (χ1v) is 5.98. The van der Waals surface area contributed by atoms with Crippen LogP contribution in [0, 0.1) is 5.41 Å². The van der Waals surface area contributed by atoms with Crippen molar-refractivity contribution in [1.29, 1.82) is 0 Å². The zero-order valence-corrected chi connectivity index (χ0v) is 11.0. The molecule has 6 heteroatoms. The maximum Gasteiger partial charge on any atom is 0.309 e. The van der Waals surface area contributed by atoms with Crippen molar-refractivity contribution in [1.82, 2.24) is 14.5 Å². The van der Waals surface area contributed by atoms with E-state index in [2.05, 4.69) is 9.97 Å². The van der Waals surface area contributed by atoms with Gasteiger partial charge in [-0.3, -0.25) is 4.79 Å². The molecule has 96 valence electrons. The number of aromatic nitrogens is 3. The molecule has 0 aromatic carbocycles. The highest BCUT2D eigenvalue weighted by atomic mass is 35.5. The van der Waals surface area contributed by atoms with E-state index in [-0.39, 0.29) is 0 Å². The van der Waals surface area contributed by atoms with Crippen LogP contribution < -0.4 is 0 Å². The van der Waals surface area contributed by atoms with Crippen molar-refractivity contribution in [3.05, 3.63) is 23.7 Å². The van der Waals surface area contributed by atoms with Gasteiger partial charge in [0.1, 0.15) is 17.1 Å². The highest BCUT2D eigenvalue weighted by Gasteiger charge is 2.26. The number of hydrogen-bond acceptors (Lipinski definition) is 3. The van der Waals surface area contributed by atoms with Crippen molar-refractivity contribution in [3.63, 3.8) is 0 Å². The third-order valence-electron chi connectivity index (χ3n) is 3.06. The molecule has 0 radical (unpaired) electrons. The van der Waals surface area contributed by atoms with Crippen LogP contribution in [0.15, 0.2) is 18.6 Å². The van der Waals surface area contributed by atoms with Gasteiger partial charge in [0.05, 0.1) is 10.8 Å². The third kappa shape index (κ3) is 2.31. The zero-order chi connectivity index (χ0) is 13.3. The van der Waals surface area contributed by atoms with Gasteiger partial charge in [0.25, 0.3) is 0 Å². The summed E-state index contributed by atoms with van der Waals surface area (Å²) in [6.07, 6.45) is 3.78. The molecular weight excluding hydrogens is 254 g/mol. The molecule has 0 aliphatic carbocycles. The summed E-state index contributed by atoms with van der Waals surface area (Å²) in [5, 5.41) is 10.3. The number of aliphatic carboxylic acids is 1. The van der Waals surface area contributed by atoms with Crippen LogP contribution in [0.3, 0.4) is 0 Å². The van der Waals surface area contributed by atoms with Crippen LogP contribution in [0.5, 0.6) is 0 Å². The first-order valence-electron chi connectivity index (χ1n) is 5.60. The first-order chi connectivity index (χ1) is 8.42. The van der Waals surface area contributed by atoms with Gasteiger partial charge in [-0.15, -0.1) is 0 Å². The lowest BCUT2D eigenvalue weighted by Gasteiger charge is -2.19. The molecule has 0 unspecified atom stereocenters. The molecule has 2 aromatic heterocycles. The van der Waals surface area contributed by atoms with Gasteiger partial charge in [-0.2, -0.15) is 0 Å². The van der Waals surface area contributed by atoms with E-state index in [1.165, 1.54) is 6.33 Å². The van der Waals surface area contributed by atoms with E-state index >= 15 is 0 Å². The number of rotatable bonds is 4. The molecule has 0 fully saturated rings. The lowest BCUT2D eigenvalue weighted by Crippen LogP contribution is -2.25. The largest absolute Gasteiger partial charge is 0.481 e. The molecule has 2 heterocycles. The molecule has 0 aliphatic rings. The number of carboxylic acid groups (broad SMARTS) is 1. The molecule has 0 aliphatic heterocycles. The predicted octanol–water partition coefficient (Wildman–Crippen LogP) is 2.59. The van der Waals surface area contributed by atoms with Crippen LogP contribution >= 0.6 is 11.6 Å². The van der Waals surface area contributed by atoms with E-state index < -0.39 is 11.4 Å². The quantitative estimate of drug-likeness (QED) is 0.865. The smallest absolute Gasteiger partial charge is 0.309 e. The molecule has 2 rings (SSSR count).